The first-order valence-corrected chi connectivity index (χ1v) is 5.38. The maximum Gasteiger partial charge on any atom is 0.270 e. The van der Waals surface area contributed by atoms with E-state index in [1.807, 2.05) is 0 Å². The van der Waals surface area contributed by atoms with Gasteiger partial charge < -0.3 is 11.1 Å². The van der Waals surface area contributed by atoms with Crippen LogP contribution in [0.1, 0.15) is 23.2 Å². The van der Waals surface area contributed by atoms with E-state index in [2.05, 4.69) is 5.32 Å². The first-order chi connectivity index (χ1) is 8.15. The molecule has 1 amide bonds. The van der Waals surface area contributed by atoms with Crippen LogP contribution in [-0.4, -0.2) is 23.9 Å². The molecule has 1 rings (SSSR count). The van der Waals surface area contributed by atoms with E-state index in [9.17, 15) is 14.9 Å². The van der Waals surface area contributed by atoms with Gasteiger partial charge >= 0.3 is 0 Å². The van der Waals surface area contributed by atoms with Crippen molar-refractivity contribution in [1.82, 2.24) is 5.32 Å². The molecule has 0 aromatic heterocycles. The minimum atomic E-state index is -0.523. The molecule has 0 aliphatic carbocycles. The van der Waals surface area contributed by atoms with E-state index in [0.717, 1.165) is 12.8 Å². The molecule has 0 spiro atoms. The van der Waals surface area contributed by atoms with E-state index >= 15 is 0 Å². The number of nitrogens with two attached hydrogens (primary N) is 1. The Kier molecular flexibility index (Phi) is 5.09. The van der Waals surface area contributed by atoms with Crippen molar-refractivity contribution >= 4 is 11.6 Å². The van der Waals surface area contributed by atoms with E-state index in [1.165, 1.54) is 18.2 Å². The van der Waals surface area contributed by atoms with Crippen molar-refractivity contribution in [3.05, 3.63) is 39.9 Å². The molecule has 0 unspecified atom stereocenters. The highest BCUT2D eigenvalue weighted by molar-refractivity contribution is 5.94. The Morgan fingerprint density at radius 3 is 2.82 bits per heavy atom. The van der Waals surface area contributed by atoms with E-state index in [1.54, 1.807) is 6.07 Å². The van der Waals surface area contributed by atoms with Gasteiger partial charge in [0.2, 0.25) is 0 Å². The lowest BCUT2D eigenvalue weighted by Crippen LogP contribution is -2.24. The Morgan fingerprint density at radius 2 is 2.18 bits per heavy atom. The van der Waals surface area contributed by atoms with Crippen molar-refractivity contribution in [2.45, 2.75) is 12.8 Å². The Morgan fingerprint density at radius 1 is 1.41 bits per heavy atom. The highest BCUT2D eigenvalue weighted by Crippen LogP contribution is 2.12. The van der Waals surface area contributed by atoms with E-state index < -0.39 is 4.92 Å². The lowest BCUT2D eigenvalue weighted by Gasteiger charge is -2.04. The smallest absolute Gasteiger partial charge is 0.270 e. The van der Waals surface area contributed by atoms with Gasteiger partial charge in [0.05, 0.1) is 4.92 Å². The lowest BCUT2D eigenvalue weighted by atomic mass is 10.2. The number of rotatable bonds is 6. The lowest BCUT2D eigenvalue weighted by molar-refractivity contribution is -0.384. The molecule has 0 heterocycles. The van der Waals surface area contributed by atoms with Crippen LogP contribution in [-0.2, 0) is 0 Å². The van der Waals surface area contributed by atoms with Crippen LogP contribution in [0.5, 0.6) is 0 Å². The Labute approximate surface area is 99.0 Å². The third-order valence-electron chi connectivity index (χ3n) is 2.24. The molecule has 1 aromatic rings. The van der Waals surface area contributed by atoms with Crippen LogP contribution >= 0.6 is 0 Å². The fourth-order valence-electron chi connectivity index (χ4n) is 1.33. The zero-order valence-corrected chi connectivity index (χ0v) is 9.39. The van der Waals surface area contributed by atoms with Crippen LogP contribution < -0.4 is 11.1 Å². The fourth-order valence-corrected chi connectivity index (χ4v) is 1.33. The first kappa shape index (κ1) is 13.1. The van der Waals surface area contributed by atoms with Crippen LogP contribution in [0.3, 0.4) is 0 Å². The predicted molar refractivity (Wildman–Crippen MR) is 63.7 cm³/mol. The Balaban J connectivity index is 2.56. The molecule has 1 aromatic carbocycles. The number of nitrogens with one attached hydrogen (secondary N) is 1. The van der Waals surface area contributed by atoms with Gasteiger partial charge in [-0.1, -0.05) is 6.07 Å². The number of hydrogen-bond donors (Lipinski definition) is 2. The van der Waals surface area contributed by atoms with Crippen LogP contribution in [0.25, 0.3) is 0 Å². The maximum atomic E-state index is 11.6. The normalized spacial score (nSPS) is 9.94. The molecule has 0 saturated carbocycles. The third-order valence-corrected chi connectivity index (χ3v) is 2.24. The fraction of sp³-hybridized carbons (Fsp3) is 0.364. The highest BCUT2D eigenvalue weighted by atomic mass is 16.6. The summed E-state index contributed by atoms with van der Waals surface area (Å²) in [7, 11) is 0. The van der Waals surface area contributed by atoms with Crippen molar-refractivity contribution < 1.29 is 9.72 Å². The quantitative estimate of drug-likeness (QED) is 0.439. The van der Waals surface area contributed by atoms with E-state index in [-0.39, 0.29) is 11.6 Å². The number of amides is 1. The molecule has 0 atom stereocenters. The molecule has 0 aliphatic rings. The number of hydrogen-bond acceptors (Lipinski definition) is 4. The average molecular weight is 237 g/mol. The van der Waals surface area contributed by atoms with Gasteiger partial charge in [-0.3, -0.25) is 14.9 Å². The van der Waals surface area contributed by atoms with Gasteiger partial charge in [-0.2, -0.15) is 0 Å². The number of non-ortho nitro benzene ring substituents is 1. The van der Waals surface area contributed by atoms with Crippen LogP contribution in [0.15, 0.2) is 24.3 Å². The van der Waals surface area contributed by atoms with Gasteiger partial charge in [-0.05, 0) is 25.5 Å². The van der Waals surface area contributed by atoms with Crippen LogP contribution in [0.2, 0.25) is 0 Å². The second-order valence-electron chi connectivity index (χ2n) is 3.56. The summed E-state index contributed by atoms with van der Waals surface area (Å²) in [5.74, 6) is -0.300. The molecule has 6 heteroatoms. The second kappa shape index (κ2) is 6.59. The zero-order chi connectivity index (χ0) is 12.7. The standard InChI is InChI=1S/C11H15N3O3/c12-6-1-2-7-13-11(15)9-4-3-5-10(8-9)14(16)17/h3-5,8H,1-2,6-7,12H2,(H,13,15). The molecular weight excluding hydrogens is 222 g/mol. The van der Waals surface area contributed by atoms with Gasteiger partial charge in [0.15, 0.2) is 0 Å². The molecule has 3 N–H and O–H groups in total. The summed E-state index contributed by atoms with van der Waals surface area (Å²) in [5, 5.41) is 13.2. The summed E-state index contributed by atoms with van der Waals surface area (Å²) in [6.45, 7) is 1.12. The largest absolute Gasteiger partial charge is 0.352 e. The molecule has 17 heavy (non-hydrogen) atoms. The monoisotopic (exact) mass is 237 g/mol. The number of nitro benzene ring substituents is 1. The molecule has 0 saturated heterocycles. The number of unbranched alkanes of at least 4 members (excludes halogenated alkanes) is 1. The van der Waals surface area contributed by atoms with Crippen molar-refractivity contribution in [1.29, 1.82) is 0 Å². The summed E-state index contributed by atoms with van der Waals surface area (Å²) >= 11 is 0. The zero-order valence-electron chi connectivity index (χ0n) is 9.39. The van der Waals surface area contributed by atoms with Gasteiger partial charge in [0, 0.05) is 24.2 Å². The number of nitro groups is 1. The van der Waals surface area contributed by atoms with Crippen molar-refractivity contribution in [3.8, 4) is 0 Å². The molecule has 0 aliphatic heterocycles. The van der Waals surface area contributed by atoms with Crippen molar-refractivity contribution in [2.24, 2.45) is 5.73 Å². The molecule has 0 radical (unpaired) electrons. The molecule has 92 valence electrons. The first-order valence-electron chi connectivity index (χ1n) is 5.38. The van der Waals surface area contributed by atoms with Crippen molar-refractivity contribution in [2.75, 3.05) is 13.1 Å². The van der Waals surface area contributed by atoms with Gasteiger partial charge in [-0.25, -0.2) is 0 Å². The van der Waals surface area contributed by atoms with Gasteiger partial charge in [0.25, 0.3) is 11.6 Å². The summed E-state index contributed by atoms with van der Waals surface area (Å²) in [5.41, 5.74) is 5.54. The highest BCUT2D eigenvalue weighted by Gasteiger charge is 2.10. The summed E-state index contributed by atoms with van der Waals surface area (Å²) < 4.78 is 0. The second-order valence-corrected chi connectivity index (χ2v) is 3.56. The molecular formula is C11H15N3O3. The number of benzene rings is 1. The summed E-state index contributed by atoms with van der Waals surface area (Å²) in [6, 6.07) is 5.65. The summed E-state index contributed by atoms with van der Waals surface area (Å²) in [6.07, 6.45) is 1.65. The molecule has 6 nitrogen and oxygen atoms in total. The number of carbonyl (C=O) groups is 1. The number of nitrogens with zero attached hydrogens (tertiary/aromatic N) is 1. The SMILES string of the molecule is NCCCCNC(=O)c1cccc([N+](=O)[O-])c1. The van der Waals surface area contributed by atoms with Crippen LogP contribution in [0.4, 0.5) is 5.69 Å². The van der Waals surface area contributed by atoms with E-state index in [0.29, 0.717) is 18.7 Å². The minimum Gasteiger partial charge on any atom is -0.352 e. The Bertz CT molecular complexity index is 407. The number of carbonyl (C=O) groups excluding carboxylic acids is 1. The van der Waals surface area contributed by atoms with Gasteiger partial charge in [0.1, 0.15) is 0 Å². The van der Waals surface area contributed by atoms with Crippen molar-refractivity contribution in [3.63, 3.8) is 0 Å². The summed E-state index contributed by atoms with van der Waals surface area (Å²) in [4.78, 5) is 21.6. The predicted octanol–water partition coefficient (Wildman–Crippen LogP) is 1.06. The van der Waals surface area contributed by atoms with Gasteiger partial charge in [-0.15, -0.1) is 0 Å². The van der Waals surface area contributed by atoms with E-state index in [4.69, 9.17) is 5.73 Å². The third kappa shape index (κ3) is 4.20. The maximum absolute atomic E-state index is 11.6. The minimum absolute atomic E-state index is 0.0837. The van der Waals surface area contributed by atoms with Crippen LogP contribution in [0, 0.1) is 10.1 Å². The average Bonchev–Trinajstić information content (AvgIpc) is 2.34. The molecule has 0 bridgehead atoms. The topological polar surface area (TPSA) is 98.3 Å². The molecule has 0 fully saturated rings. The Hall–Kier alpha value is -1.95.